The molecule has 51 valence electrons. The largest absolute Gasteiger partial charge is 0.379 e. The number of rotatable bonds is 1. The van der Waals surface area contributed by atoms with Gasteiger partial charge in [0.1, 0.15) is 0 Å². The molecule has 9 heavy (non-hydrogen) atoms. The summed E-state index contributed by atoms with van der Waals surface area (Å²) in [5.41, 5.74) is 1.14. The summed E-state index contributed by atoms with van der Waals surface area (Å²) in [6.07, 6.45) is 2.71. The van der Waals surface area contributed by atoms with Gasteiger partial charge in [-0.2, -0.15) is 6.07 Å². The molecule has 0 bridgehead atoms. The molecule has 0 atom stereocenters. The van der Waals surface area contributed by atoms with Crippen LogP contribution in [0.5, 0.6) is 0 Å². The monoisotopic (exact) mass is 296 g/mol. The normalized spacial score (nSPS) is 9.22. The Morgan fingerprint density at radius 3 is 2.56 bits per heavy atom. The summed E-state index contributed by atoms with van der Waals surface area (Å²) in [5.74, 6) is 0.536. The van der Waals surface area contributed by atoms with Gasteiger partial charge in [0.25, 0.3) is 0 Å². The maximum atomic E-state index is 3.69. The van der Waals surface area contributed by atoms with Gasteiger partial charge in [-0.25, -0.2) is 0 Å². The quantitative estimate of drug-likeness (QED) is 0.778. The first-order valence-electron chi connectivity index (χ1n) is 2.72. The minimum atomic E-state index is 0. The number of hydrogen-bond donors (Lipinski definition) is 1. The molecule has 0 spiro atoms. The minimum absolute atomic E-state index is 0. The third-order valence-electron chi connectivity index (χ3n) is 1.09. The van der Waals surface area contributed by atoms with Crippen LogP contribution in [0.3, 0.4) is 0 Å². The number of nitrogens with one attached hydrogen (secondary N) is 1. The van der Waals surface area contributed by atoms with Crippen LogP contribution < -0.4 is 0 Å². The standard InChI is InChI=1S/C6H9N2.Re/c1-5(2)6-3-4-7-8-6;/h3,5H,1-2H3,(H,7,8);/q-1;. The Balaban J connectivity index is 0.000000640. The van der Waals surface area contributed by atoms with Gasteiger partial charge >= 0.3 is 0 Å². The van der Waals surface area contributed by atoms with E-state index >= 15 is 0 Å². The summed E-state index contributed by atoms with van der Waals surface area (Å²) in [7, 11) is 0. The Morgan fingerprint density at radius 1 is 1.67 bits per heavy atom. The Bertz CT molecular complexity index is 146. The molecule has 1 radical (unpaired) electrons. The van der Waals surface area contributed by atoms with Crippen LogP contribution in [0, 0.1) is 6.20 Å². The van der Waals surface area contributed by atoms with Gasteiger partial charge in [-0.05, 0) is 0 Å². The second-order valence-corrected chi connectivity index (χ2v) is 2.11. The van der Waals surface area contributed by atoms with E-state index in [4.69, 9.17) is 0 Å². The molecule has 1 N–H and O–H groups in total. The van der Waals surface area contributed by atoms with Crippen LogP contribution in [0.4, 0.5) is 0 Å². The first-order chi connectivity index (χ1) is 3.80. The average Bonchev–Trinajstić information content (AvgIpc) is 2.12. The molecule has 0 aliphatic heterocycles. The summed E-state index contributed by atoms with van der Waals surface area (Å²) in [4.78, 5) is 0. The first-order valence-corrected chi connectivity index (χ1v) is 2.72. The second-order valence-electron chi connectivity index (χ2n) is 2.11. The second kappa shape index (κ2) is 3.81. The fraction of sp³-hybridized carbons (Fsp3) is 0.500. The fourth-order valence-corrected chi connectivity index (χ4v) is 0.527. The molecule has 1 rings (SSSR count). The summed E-state index contributed by atoms with van der Waals surface area (Å²) in [6.45, 7) is 4.22. The zero-order chi connectivity index (χ0) is 5.98. The summed E-state index contributed by atoms with van der Waals surface area (Å²) in [6, 6.07) is 1.87. The van der Waals surface area contributed by atoms with Gasteiger partial charge in [-0.3, -0.25) is 0 Å². The third-order valence-corrected chi connectivity index (χ3v) is 1.09. The van der Waals surface area contributed by atoms with Gasteiger partial charge in [0.15, 0.2) is 0 Å². The molecular formula is C6H9N2Re-. The first kappa shape index (κ1) is 8.87. The third kappa shape index (κ3) is 2.30. The van der Waals surface area contributed by atoms with E-state index in [9.17, 15) is 0 Å². The van der Waals surface area contributed by atoms with Crippen LogP contribution >= 0.6 is 0 Å². The Morgan fingerprint density at radius 2 is 2.33 bits per heavy atom. The van der Waals surface area contributed by atoms with Crippen molar-refractivity contribution in [3.8, 4) is 0 Å². The van der Waals surface area contributed by atoms with Crippen molar-refractivity contribution in [2.45, 2.75) is 19.8 Å². The van der Waals surface area contributed by atoms with E-state index in [-0.39, 0.29) is 20.4 Å². The maximum absolute atomic E-state index is 3.69. The summed E-state index contributed by atoms with van der Waals surface area (Å²) < 4.78 is 0. The number of nitrogens with zero attached hydrogens (tertiary/aromatic N) is 1. The van der Waals surface area contributed by atoms with Gasteiger partial charge in [-0.1, -0.05) is 19.8 Å². The molecule has 0 unspecified atom stereocenters. The predicted octanol–water partition coefficient (Wildman–Crippen LogP) is 1.33. The van der Waals surface area contributed by atoms with Crippen molar-refractivity contribution in [1.82, 2.24) is 10.2 Å². The van der Waals surface area contributed by atoms with E-state index in [0.717, 1.165) is 5.69 Å². The van der Waals surface area contributed by atoms with Crippen LogP contribution in [-0.2, 0) is 20.4 Å². The van der Waals surface area contributed by atoms with E-state index in [2.05, 4.69) is 30.2 Å². The Hall–Kier alpha value is -0.128. The molecule has 3 heteroatoms. The maximum Gasteiger partial charge on any atom is 0 e. The molecule has 1 aromatic rings. The topological polar surface area (TPSA) is 28.7 Å². The van der Waals surface area contributed by atoms with Gasteiger partial charge in [-0.15, -0.1) is 11.9 Å². The van der Waals surface area contributed by atoms with Crippen LogP contribution in [0.15, 0.2) is 6.07 Å². The van der Waals surface area contributed by atoms with Crippen LogP contribution in [-0.4, -0.2) is 10.2 Å². The van der Waals surface area contributed by atoms with Gasteiger partial charge in [0, 0.05) is 20.4 Å². The number of hydrogen-bond acceptors (Lipinski definition) is 1. The van der Waals surface area contributed by atoms with Crippen molar-refractivity contribution in [2.75, 3.05) is 0 Å². The number of aromatic nitrogens is 2. The number of aromatic amines is 1. The van der Waals surface area contributed by atoms with Crippen molar-refractivity contribution in [2.24, 2.45) is 0 Å². The minimum Gasteiger partial charge on any atom is -0.379 e. The molecule has 1 aromatic heterocycles. The summed E-state index contributed by atoms with van der Waals surface area (Å²) >= 11 is 0. The molecule has 2 nitrogen and oxygen atoms in total. The zero-order valence-electron chi connectivity index (χ0n) is 5.48. The molecule has 0 saturated carbocycles. The molecule has 0 saturated heterocycles. The Kier molecular flexibility index (Phi) is 3.76. The molecule has 0 fully saturated rings. The molecular weight excluding hydrogens is 286 g/mol. The van der Waals surface area contributed by atoms with Crippen LogP contribution in [0.25, 0.3) is 0 Å². The van der Waals surface area contributed by atoms with Crippen molar-refractivity contribution in [3.63, 3.8) is 0 Å². The number of H-pyrrole nitrogens is 1. The average molecular weight is 295 g/mol. The SMILES string of the molecule is CC(C)c1c[c-]n[nH]1.[Re]. The van der Waals surface area contributed by atoms with Gasteiger partial charge in [0.05, 0.1) is 0 Å². The fourth-order valence-electron chi connectivity index (χ4n) is 0.527. The molecule has 0 amide bonds. The molecule has 1 heterocycles. The van der Waals surface area contributed by atoms with Crippen molar-refractivity contribution in [1.29, 1.82) is 0 Å². The van der Waals surface area contributed by atoms with E-state index in [0.29, 0.717) is 5.92 Å². The van der Waals surface area contributed by atoms with Gasteiger partial charge in [0.2, 0.25) is 0 Å². The molecule has 0 aliphatic rings. The summed E-state index contributed by atoms with van der Waals surface area (Å²) in [5, 5.41) is 6.52. The van der Waals surface area contributed by atoms with Crippen molar-refractivity contribution >= 4 is 0 Å². The smallest absolute Gasteiger partial charge is 0 e. The van der Waals surface area contributed by atoms with Crippen LogP contribution in [0.1, 0.15) is 25.5 Å². The van der Waals surface area contributed by atoms with E-state index < -0.39 is 0 Å². The zero-order valence-corrected chi connectivity index (χ0v) is 8.20. The van der Waals surface area contributed by atoms with Crippen LogP contribution in [0.2, 0.25) is 0 Å². The van der Waals surface area contributed by atoms with E-state index in [1.807, 2.05) is 6.07 Å². The van der Waals surface area contributed by atoms with Gasteiger partial charge < -0.3 is 10.2 Å². The van der Waals surface area contributed by atoms with E-state index in [1.54, 1.807) is 0 Å². The van der Waals surface area contributed by atoms with E-state index in [1.165, 1.54) is 0 Å². The van der Waals surface area contributed by atoms with Crippen molar-refractivity contribution < 1.29 is 20.4 Å². The molecule has 0 aliphatic carbocycles. The predicted molar refractivity (Wildman–Crippen MR) is 31.5 cm³/mol. The van der Waals surface area contributed by atoms with Crippen molar-refractivity contribution in [3.05, 3.63) is 18.0 Å². The molecule has 0 aromatic carbocycles. The Labute approximate surface area is 68.7 Å².